The number of rotatable bonds is 5. The highest BCUT2D eigenvalue weighted by molar-refractivity contribution is 7.92. The van der Waals surface area contributed by atoms with Gasteiger partial charge in [-0.05, 0) is 43.4 Å². The molecule has 1 N–H and O–H groups in total. The summed E-state index contributed by atoms with van der Waals surface area (Å²) in [6, 6.07) is 5.67. The van der Waals surface area contributed by atoms with Crippen molar-refractivity contribution in [3.63, 3.8) is 0 Å². The van der Waals surface area contributed by atoms with E-state index in [1.807, 2.05) is 19.1 Å². The fourth-order valence-electron chi connectivity index (χ4n) is 2.67. The molecule has 1 aliphatic rings. The van der Waals surface area contributed by atoms with Gasteiger partial charge < -0.3 is 10.1 Å². The molecule has 0 bridgehead atoms. The Kier molecular flexibility index (Phi) is 5.34. The fourth-order valence-corrected chi connectivity index (χ4v) is 4.33. The number of carbonyl (C=O) groups excluding carboxylic acids is 1. The van der Waals surface area contributed by atoms with Crippen molar-refractivity contribution in [2.45, 2.75) is 51.3 Å². The maximum absolute atomic E-state index is 12.0. The number of nitrogens with one attached hydrogen (secondary N) is 1. The van der Waals surface area contributed by atoms with Crippen LogP contribution in [0.3, 0.4) is 0 Å². The highest BCUT2D eigenvalue weighted by Gasteiger charge is 2.37. The predicted octanol–water partition coefficient (Wildman–Crippen LogP) is 2.19. The predicted molar refractivity (Wildman–Crippen MR) is 90.6 cm³/mol. The van der Waals surface area contributed by atoms with Crippen LogP contribution in [0.1, 0.15) is 44.2 Å². The average Bonchev–Trinajstić information content (AvgIpc) is 2.73. The molecule has 5 nitrogen and oxygen atoms in total. The van der Waals surface area contributed by atoms with Crippen LogP contribution in [-0.2, 0) is 14.6 Å². The van der Waals surface area contributed by atoms with Gasteiger partial charge in [0.1, 0.15) is 5.75 Å². The van der Waals surface area contributed by atoms with Crippen LogP contribution in [-0.4, -0.2) is 38.0 Å². The highest BCUT2D eigenvalue weighted by atomic mass is 32.2. The van der Waals surface area contributed by atoms with Crippen molar-refractivity contribution in [3.05, 3.63) is 29.3 Å². The van der Waals surface area contributed by atoms with Gasteiger partial charge in [0.15, 0.2) is 16.4 Å². The summed E-state index contributed by atoms with van der Waals surface area (Å²) in [6.45, 7) is 7.67. The largest absolute Gasteiger partial charge is 0.483 e. The minimum absolute atomic E-state index is 0.105. The minimum Gasteiger partial charge on any atom is -0.483 e. The van der Waals surface area contributed by atoms with Gasteiger partial charge in [-0.25, -0.2) is 8.42 Å². The molecule has 1 aromatic carbocycles. The molecule has 1 aromatic rings. The Labute approximate surface area is 138 Å². The third kappa shape index (κ3) is 4.25. The van der Waals surface area contributed by atoms with Gasteiger partial charge in [-0.3, -0.25) is 4.79 Å². The summed E-state index contributed by atoms with van der Waals surface area (Å²) in [5.74, 6) is 0.929. The molecule has 6 heteroatoms. The van der Waals surface area contributed by atoms with Crippen molar-refractivity contribution in [1.82, 2.24) is 5.32 Å². The Morgan fingerprint density at radius 1 is 1.39 bits per heavy atom. The zero-order valence-corrected chi connectivity index (χ0v) is 14.9. The maximum Gasteiger partial charge on any atom is 0.258 e. The molecule has 1 amide bonds. The van der Waals surface area contributed by atoms with Crippen molar-refractivity contribution in [1.29, 1.82) is 0 Å². The molecule has 2 atom stereocenters. The van der Waals surface area contributed by atoms with E-state index in [9.17, 15) is 13.2 Å². The van der Waals surface area contributed by atoms with Gasteiger partial charge in [0, 0.05) is 6.04 Å². The Hall–Kier alpha value is -1.56. The minimum atomic E-state index is -3.06. The van der Waals surface area contributed by atoms with Crippen LogP contribution in [0.25, 0.3) is 0 Å². The zero-order chi connectivity index (χ0) is 17.2. The van der Waals surface area contributed by atoms with E-state index in [4.69, 9.17) is 4.74 Å². The monoisotopic (exact) mass is 339 g/mol. The van der Waals surface area contributed by atoms with Crippen molar-refractivity contribution < 1.29 is 17.9 Å². The molecule has 0 spiro atoms. The Morgan fingerprint density at radius 3 is 2.65 bits per heavy atom. The summed E-state index contributed by atoms with van der Waals surface area (Å²) in [4.78, 5) is 12.0. The number of hydrogen-bond acceptors (Lipinski definition) is 4. The van der Waals surface area contributed by atoms with Crippen LogP contribution in [0.2, 0.25) is 0 Å². The lowest BCUT2D eigenvalue weighted by Crippen LogP contribution is -2.42. The lowest BCUT2D eigenvalue weighted by atomic mass is 10.0. The molecule has 1 aliphatic heterocycles. The molecule has 1 fully saturated rings. The van der Waals surface area contributed by atoms with E-state index in [1.165, 1.54) is 0 Å². The van der Waals surface area contributed by atoms with Crippen LogP contribution >= 0.6 is 0 Å². The van der Waals surface area contributed by atoms with Crippen LogP contribution in [0.15, 0.2) is 18.2 Å². The number of amides is 1. The Bertz CT molecular complexity index is 682. The number of hydrogen-bond donors (Lipinski definition) is 1. The zero-order valence-electron chi connectivity index (χ0n) is 14.1. The van der Waals surface area contributed by atoms with Crippen LogP contribution < -0.4 is 10.1 Å². The first-order valence-corrected chi connectivity index (χ1v) is 9.66. The van der Waals surface area contributed by atoms with Gasteiger partial charge in [0.2, 0.25) is 0 Å². The van der Waals surface area contributed by atoms with Crippen LogP contribution in [0.4, 0.5) is 0 Å². The van der Waals surface area contributed by atoms with Crippen molar-refractivity contribution in [2.75, 3.05) is 12.4 Å². The van der Waals surface area contributed by atoms with Crippen molar-refractivity contribution >= 4 is 15.7 Å². The molecule has 23 heavy (non-hydrogen) atoms. The number of benzene rings is 1. The van der Waals surface area contributed by atoms with E-state index in [0.717, 1.165) is 11.1 Å². The summed E-state index contributed by atoms with van der Waals surface area (Å²) in [5.41, 5.74) is 2.13. The molecular formula is C17H25NO4S. The first-order valence-electron chi connectivity index (χ1n) is 7.95. The topological polar surface area (TPSA) is 72.5 Å². The summed E-state index contributed by atoms with van der Waals surface area (Å²) in [7, 11) is -3.06. The number of ether oxygens (including phenoxy) is 1. The van der Waals surface area contributed by atoms with Gasteiger partial charge >= 0.3 is 0 Å². The quantitative estimate of drug-likeness (QED) is 0.892. The molecule has 2 rings (SSSR count). The van der Waals surface area contributed by atoms with Crippen molar-refractivity contribution in [2.24, 2.45) is 0 Å². The van der Waals surface area contributed by atoms with E-state index in [2.05, 4.69) is 25.2 Å². The molecule has 1 saturated heterocycles. The Balaban J connectivity index is 1.94. The second-order valence-corrected chi connectivity index (χ2v) is 8.98. The lowest BCUT2D eigenvalue weighted by Gasteiger charge is -2.17. The molecule has 0 unspecified atom stereocenters. The molecule has 0 radical (unpaired) electrons. The standard InChI is InChI=1S/C17H25NO4S/c1-11(2)14-6-5-12(3)16(9-14)22-10-17(19)18-15-7-8-23(20,21)13(15)4/h5-6,9,11,13,15H,7-8,10H2,1-4H3,(H,18,19)/t13-,15-/m0/s1. The van der Waals surface area contributed by atoms with Gasteiger partial charge in [-0.2, -0.15) is 0 Å². The van der Waals surface area contributed by atoms with Crippen LogP contribution in [0, 0.1) is 6.92 Å². The summed E-state index contributed by atoms with van der Waals surface area (Å²) >= 11 is 0. The third-order valence-electron chi connectivity index (χ3n) is 4.43. The van der Waals surface area contributed by atoms with E-state index < -0.39 is 15.1 Å². The summed E-state index contributed by atoms with van der Waals surface area (Å²) in [6.07, 6.45) is 0.469. The van der Waals surface area contributed by atoms with Gasteiger partial charge in [0.25, 0.3) is 5.91 Å². The van der Waals surface area contributed by atoms with E-state index in [0.29, 0.717) is 18.1 Å². The molecule has 128 valence electrons. The normalized spacial score (nSPS) is 23.0. The van der Waals surface area contributed by atoms with Gasteiger partial charge in [-0.1, -0.05) is 26.0 Å². The van der Waals surface area contributed by atoms with E-state index in [-0.39, 0.29) is 24.3 Å². The SMILES string of the molecule is Cc1ccc(C(C)C)cc1OCC(=O)N[C@H]1CCS(=O)(=O)[C@H]1C. The van der Waals surface area contributed by atoms with Gasteiger partial charge in [-0.15, -0.1) is 0 Å². The molecule has 0 aliphatic carbocycles. The summed E-state index contributed by atoms with van der Waals surface area (Å²) in [5, 5.41) is 2.24. The fraction of sp³-hybridized carbons (Fsp3) is 0.588. The highest BCUT2D eigenvalue weighted by Crippen LogP contribution is 2.24. The first-order chi connectivity index (χ1) is 10.7. The molecule has 0 aromatic heterocycles. The van der Waals surface area contributed by atoms with E-state index in [1.54, 1.807) is 6.92 Å². The second-order valence-electron chi connectivity index (χ2n) is 6.50. The number of sulfone groups is 1. The number of aryl methyl sites for hydroxylation is 1. The smallest absolute Gasteiger partial charge is 0.258 e. The average molecular weight is 339 g/mol. The van der Waals surface area contributed by atoms with Crippen molar-refractivity contribution in [3.8, 4) is 5.75 Å². The lowest BCUT2D eigenvalue weighted by molar-refractivity contribution is -0.123. The summed E-state index contributed by atoms with van der Waals surface area (Å²) < 4.78 is 29.0. The molecule has 0 saturated carbocycles. The third-order valence-corrected chi connectivity index (χ3v) is 6.70. The van der Waals surface area contributed by atoms with E-state index >= 15 is 0 Å². The van der Waals surface area contributed by atoms with Crippen LogP contribution in [0.5, 0.6) is 5.75 Å². The second kappa shape index (κ2) is 6.91. The molecule has 1 heterocycles. The first kappa shape index (κ1) is 17.8. The number of carbonyl (C=O) groups is 1. The Morgan fingerprint density at radius 2 is 2.09 bits per heavy atom. The molecular weight excluding hydrogens is 314 g/mol. The maximum atomic E-state index is 12.0. The van der Waals surface area contributed by atoms with Gasteiger partial charge in [0.05, 0.1) is 11.0 Å².